The maximum Gasteiger partial charge on any atom is 0.262 e. The van der Waals surface area contributed by atoms with Crippen molar-refractivity contribution in [1.29, 1.82) is 0 Å². The van der Waals surface area contributed by atoms with Gasteiger partial charge >= 0.3 is 0 Å². The van der Waals surface area contributed by atoms with Crippen LogP contribution in [-0.4, -0.2) is 47.8 Å². The van der Waals surface area contributed by atoms with Crippen molar-refractivity contribution in [2.45, 2.75) is 26.3 Å². The molecule has 2 heterocycles. The van der Waals surface area contributed by atoms with Gasteiger partial charge in [0.05, 0.1) is 16.6 Å². The predicted molar refractivity (Wildman–Crippen MR) is 127 cm³/mol. The predicted octanol–water partition coefficient (Wildman–Crippen LogP) is 4.65. The fourth-order valence-electron chi connectivity index (χ4n) is 4.51. The van der Waals surface area contributed by atoms with Gasteiger partial charge in [-0.25, -0.2) is 4.39 Å². The van der Waals surface area contributed by atoms with E-state index >= 15 is 0 Å². The van der Waals surface area contributed by atoms with Crippen molar-refractivity contribution < 1.29 is 14.0 Å². The Morgan fingerprint density at radius 1 is 1.12 bits per heavy atom. The van der Waals surface area contributed by atoms with E-state index < -0.39 is 11.7 Å². The van der Waals surface area contributed by atoms with Gasteiger partial charge in [-0.15, -0.1) is 0 Å². The number of fused-ring (bicyclic) bond motifs is 1. The van der Waals surface area contributed by atoms with E-state index in [0.29, 0.717) is 6.54 Å². The SMILES string of the molecule is CC(C)C(=O)N[C@@H](CCN1CC2=CN(C(=O)c3c(F)cccc3Cl)CC2C1)c1ccccc1. The minimum Gasteiger partial charge on any atom is -0.349 e. The summed E-state index contributed by atoms with van der Waals surface area (Å²) < 4.78 is 14.2. The molecular weight excluding hydrogens is 441 g/mol. The van der Waals surface area contributed by atoms with Gasteiger partial charge in [-0.2, -0.15) is 0 Å². The second-order valence-electron chi connectivity index (χ2n) is 9.11. The monoisotopic (exact) mass is 469 g/mol. The van der Waals surface area contributed by atoms with E-state index in [-0.39, 0.29) is 34.4 Å². The summed E-state index contributed by atoms with van der Waals surface area (Å²) in [7, 11) is 0. The first kappa shape index (κ1) is 23.5. The molecule has 4 rings (SSSR count). The maximum atomic E-state index is 14.2. The summed E-state index contributed by atoms with van der Waals surface area (Å²) in [6.07, 6.45) is 2.65. The Morgan fingerprint density at radius 3 is 2.55 bits per heavy atom. The lowest BCUT2D eigenvalue weighted by molar-refractivity contribution is -0.124. The van der Waals surface area contributed by atoms with Crippen LogP contribution in [0.5, 0.6) is 0 Å². The van der Waals surface area contributed by atoms with Crippen LogP contribution in [0.2, 0.25) is 5.02 Å². The Hall–Kier alpha value is -2.70. The largest absolute Gasteiger partial charge is 0.349 e. The average molecular weight is 470 g/mol. The van der Waals surface area contributed by atoms with Gasteiger partial charge in [0, 0.05) is 44.2 Å². The molecule has 2 aliphatic heterocycles. The van der Waals surface area contributed by atoms with Crippen LogP contribution in [0, 0.1) is 17.7 Å². The average Bonchev–Trinajstić information content (AvgIpc) is 3.35. The van der Waals surface area contributed by atoms with Crippen LogP contribution in [0.15, 0.2) is 60.3 Å². The number of hydrogen-bond acceptors (Lipinski definition) is 3. The molecule has 1 saturated heterocycles. The van der Waals surface area contributed by atoms with Crippen molar-refractivity contribution in [3.8, 4) is 0 Å². The second-order valence-corrected chi connectivity index (χ2v) is 9.51. The van der Waals surface area contributed by atoms with Gasteiger partial charge in [-0.3, -0.25) is 14.5 Å². The molecule has 0 aromatic heterocycles. The Bertz CT molecular complexity index is 1040. The highest BCUT2D eigenvalue weighted by Crippen LogP contribution is 2.32. The van der Waals surface area contributed by atoms with Gasteiger partial charge in [-0.1, -0.05) is 61.8 Å². The third kappa shape index (κ3) is 5.28. The lowest BCUT2D eigenvalue weighted by Crippen LogP contribution is -2.35. The number of halogens is 2. The lowest BCUT2D eigenvalue weighted by atomic mass is 10.0. The number of likely N-dealkylation sites (tertiary alicyclic amines) is 1. The zero-order chi connectivity index (χ0) is 23.5. The number of nitrogens with one attached hydrogen (secondary N) is 1. The van der Waals surface area contributed by atoms with Crippen LogP contribution < -0.4 is 5.32 Å². The van der Waals surface area contributed by atoms with Gasteiger partial charge < -0.3 is 10.2 Å². The van der Waals surface area contributed by atoms with Crippen LogP contribution >= 0.6 is 11.6 Å². The van der Waals surface area contributed by atoms with E-state index in [1.807, 2.05) is 50.4 Å². The Balaban J connectivity index is 1.38. The third-order valence-corrected chi connectivity index (χ3v) is 6.68. The third-order valence-electron chi connectivity index (χ3n) is 6.36. The van der Waals surface area contributed by atoms with E-state index in [1.165, 1.54) is 23.8 Å². The first-order valence-corrected chi connectivity index (χ1v) is 11.7. The van der Waals surface area contributed by atoms with E-state index in [4.69, 9.17) is 11.6 Å². The second kappa shape index (κ2) is 10.1. The van der Waals surface area contributed by atoms with Crippen molar-refractivity contribution in [3.05, 3.63) is 82.3 Å². The number of rotatable bonds is 7. The standard InChI is InChI=1S/C26H29ClFN3O2/c1-17(2)25(32)29-23(18-7-4-3-5-8-18)11-12-30-13-19-15-31(16-20(19)14-30)26(33)24-21(27)9-6-10-22(24)28/h3-10,15,17,20,23H,11-14,16H2,1-2H3,(H,29,32)/t20?,23-/m0/s1. The molecule has 174 valence electrons. The molecule has 2 aliphatic rings. The molecule has 0 radical (unpaired) electrons. The van der Waals surface area contributed by atoms with Gasteiger partial charge in [0.2, 0.25) is 5.91 Å². The lowest BCUT2D eigenvalue weighted by Gasteiger charge is -2.24. The van der Waals surface area contributed by atoms with E-state index in [9.17, 15) is 14.0 Å². The highest BCUT2D eigenvalue weighted by molar-refractivity contribution is 6.33. The number of carbonyl (C=O) groups excluding carboxylic acids is 2. The fourth-order valence-corrected chi connectivity index (χ4v) is 4.75. The van der Waals surface area contributed by atoms with Crippen molar-refractivity contribution >= 4 is 23.4 Å². The molecule has 1 N–H and O–H groups in total. The van der Waals surface area contributed by atoms with Crippen molar-refractivity contribution in [2.24, 2.45) is 11.8 Å². The minimum atomic E-state index is -0.597. The number of amides is 2. The molecule has 2 aromatic carbocycles. The molecule has 5 nitrogen and oxygen atoms in total. The zero-order valence-electron chi connectivity index (χ0n) is 18.9. The number of nitrogens with zero attached hydrogens (tertiary/aromatic N) is 2. The summed E-state index contributed by atoms with van der Waals surface area (Å²) in [5.74, 6) is -0.781. The molecular formula is C26H29ClFN3O2. The molecule has 7 heteroatoms. The van der Waals surface area contributed by atoms with Crippen molar-refractivity contribution in [3.63, 3.8) is 0 Å². The first-order valence-electron chi connectivity index (χ1n) is 11.4. The van der Waals surface area contributed by atoms with Crippen LogP contribution in [0.25, 0.3) is 0 Å². The van der Waals surface area contributed by atoms with Gasteiger partial charge in [0.25, 0.3) is 5.91 Å². The van der Waals surface area contributed by atoms with Crippen LogP contribution in [0.3, 0.4) is 0 Å². The number of benzene rings is 2. The molecule has 0 spiro atoms. The highest BCUT2D eigenvalue weighted by atomic mass is 35.5. The van der Waals surface area contributed by atoms with Gasteiger partial charge in [0.15, 0.2) is 0 Å². The van der Waals surface area contributed by atoms with Gasteiger partial charge in [-0.05, 0) is 29.7 Å². The first-order chi connectivity index (χ1) is 15.8. The Labute approximate surface area is 199 Å². The van der Waals surface area contributed by atoms with Crippen molar-refractivity contribution in [2.75, 3.05) is 26.2 Å². The Kier molecular flexibility index (Phi) is 7.15. The zero-order valence-corrected chi connectivity index (χ0v) is 19.7. The summed E-state index contributed by atoms with van der Waals surface area (Å²) in [4.78, 5) is 29.1. The smallest absolute Gasteiger partial charge is 0.262 e. The molecule has 2 amide bonds. The van der Waals surface area contributed by atoms with Crippen LogP contribution in [0.4, 0.5) is 4.39 Å². The van der Waals surface area contributed by atoms with E-state index in [2.05, 4.69) is 10.2 Å². The minimum absolute atomic E-state index is 0.0446. The van der Waals surface area contributed by atoms with Crippen LogP contribution in [0.1, 0.15) is 42.2 Å². The summed E-state index contributed by atoms with van der Waals surface area (Å²) in [5, 5.41) is 3.31. The molecule has 0 saturated carbocycles. The normalized spacial score (nSPS) is 18.9. The fraction of sp³-hybridized carbons (Fsp3) is 0.385. The van der Waals surface area contributed by atoms with E-state index in [1.54, 1.807) is 4.90 Å². The van der Waals surface area contributed by atoms with E-state index in [0.717, 1.165) is 31.6 Å². The topological polar surface area (TPSA) is 52.7 Å². The molecule has 33 heavy (non-hydrogen) atoms. The summed E-state index contributed by atoms with van der Waals surface area (Å²) in [5.41, 5.74) is 2.21. The highest BCUT2D eigenvalue weighted by Gasteiger charge is 2.36. The molecule has 0 bridgehead atoms. The Morgan fingerprint density at radius 2 is 1.88 bits per heavy atom. The quantitative estimate of drug-likeness (QED) is 0.642. The summed E-state index contributed by atoms with van der Waals surface area (Å²) in [6.45, 7) is 6.75. The molecule has 2 aromatic rings. The van der Waals surface area contributed by atoms with Crippen LogP contribution in [-0.2, 0) is 4.79 Å². The molecule has 1 fully saturated rings. The summed E-state index contributed by atoms with van der Waals surface area (Å²) >= 11 is 6.08. The number of carbonyl (C=O) groups is 2. The molecule has 0 aliphatic carbocycles. The maximum absolute atomic E-state index is 14.2. The summed E-state index contributed by atoms with van der Waals surface area (Å²) in [6, 6.07) is 14.3. The van der Waals surface area contributed by atoms with Gasteiger partial charge in [0.1, 0.15) is 5.82 Å². The van der Waals surface area contributed by atoms with Crippen molar-refractivity contribution in [1.82, 2.24) is 15.1 Å². The number of hydrogen-bond donors (Lipinski definition) is 1. The molecule has 2 atom stereocenters. The molecule has 1 unspecified atom stereocenters.